The van der Waals surface area contributed by atoms with Gasteiger partial charge in [-0.15, -0.1) is 0 Å². The minimum absolute atomic E-state index is 0.586. The summed E-state index contributed by atoms with van der Waals surface area (Å²) < 4.78 is 0. The SMILES string of the molecule is CCCC[C@H](CC=O)[Si](C)(C)c1ccccc1. The predicted octanol–water partition coefficient (Wildman–Crippen LogP) is 3.75. The summed E-state index contributed by atoms with van der Waals surface area (Å²) >= 11 is 0. The van der Waals surface area contributed by atoms with E-state index in [1.165, 1.54) is 24.4 Å². The summed E-state index contributed by atoms with van der Waals surface area (Å²) in [4.78, 5) is 10.9. The lowest BCUT2D eigenvalue weighted by molar-refractivity contribution is -0.107. The van der Waals surface area contributed by atoms with Crippen LogP contribution in [0.2, 0.25) is 18.6 Å². The van der Waals surface area contributed by atoms with Gasteiger partial charge in [0.05, 0.1) is 8.07 Å². The van der Waals surface area contributed by atoms with Gasteiger partial charge in [-0.2, -0.15) is 0 Å². The molecule has 0 amide bonds. The fourth-order valence-electron chi connectivity index (χ4n) is 2.44. The molecule has 0 saturated heterocycles. The van der Waals surface area contributed by atoms with Gasteiger partial charge in [0.1, 0.15) is 6.29 Å². The van der Waals surface area contributed by atoms with Crippen LogP contribution in [0.4, 0.5) is 0 Å². The molecule has 1 nitrogen and oxygen atoms in total. The molecule has 1 atom stereocenters. The molecule has 0 aliphatic carbocycles. The molecule has 1 rings (SSSR count). The van der Waals surface area contributed by atoms with Gasteiger partial charge < -0.3 is 4.79 Å². The number of hydrogen-bond acceptors (Lipinski definition) is 1. The van der Waals surface area contributed by atoms with Gasteiger partial charge in [-0.05, 0) is 5.54 Å². The number of aldehydes is 1. The fourth-order valence-corrected chi connectivity index (χ4v) is 5.58. The van der Waals surface area contributed by atoms with E-state index in [1.54, 1.807) is 0 Å². The highest BCUT2D eigenvalue weighted by atomic mass is 28.3. The Bertz CT molecular complexity index is 332. The summed E-state index contributed by atoms with van der Waals surface area (Å²) in [6.45, 7) is 7.01. The molecule has 0 saturated carbocycles. The zero-order valence-corrected chi connectivity index (χ0v) is 12.3. The van der Waals surface area contributed by atoms with Crippen LogP contribution in [0.5, 0.6) is 0 Å². The molecule has 0 aliphatic heterocycles. The van der Waals surface area contributed by atoms with Crippen molar-refractivity contribution >= 4 is 19.5 Å². The summed E-state index contributed by atoms with van der Waals surface area (Å²) in [6, 6.07) is 10.8. The van der Waals surface area contributed by atoms with Crippen LogP contribution in [0.1, 0.15) is 32.6 Å². The predicted molar refractivity (Wildman–Crippen MR) is 77.5 cm³/mol. The summed E-state index contributed by atoms with van der Waals surface area (Å²) in [5.41, 5.74) is 0.586. The molecule has 2 heteroatoms. The Labute approximate surface area is 106 Å². The molecular weight excluding hydrogens is 224 g/mol. The molecule has 0 N–H and O–H groups in total. The number of rotatable bonds is 7. The Hall–Kier alpha value is -0.893. The van der Waals surface area contributed by atoms with Gasteiger partial charge in [0, 0.05) is 6.42 Å². The van der Waals surface area contributed by atoms with Gasteiger partial charge in [-0.1, -0.05) is 74.8 Å². The maximum atomic E-state index is 10.9. The van der Waals surface area contributed by atoms with Crippen LogP contribution in [0, 0.1) is 0 Å². The first-order chi connectivity index (χ1) is 8.12. The topological polar surface area (TPSA) is 17.1 Å². The zero-order valence-electron chi connectivity index (χ0n) is 11.3. The smallest absolute Gasteiger partial charge is 0.119 e. The standard InChI is InChI=1S/C15H24OSi/c1-4-5-9-15(12-13-16)17(2,3)14-10-7-6-8-11-14/h6-8,10-11,13,15H,4-5,9,12H2,1-3H3/t15-/m1/s1. The van der Waals surface area contributed by atoms with E-state index < -0.39 is 8.07 Å². The lowest BCUT2D eigenvalue weighted by Crippen LogP contribution is -2.46. The molecule has 0 aromatic heterocycles. The third kappa shape index (κ3) is 3.81. The number of benzene rings is 1. The second-order valence-electron chi connectivity index (χ2n) is 5.33. The lowest BCUT2D eigenvalue weighted by atomic mass is 10.1. The minimum atomic E-state index is -1.50. The highest BCUT2D eigenvalue weighted by molar-refractivity contribution is 6.91. The van der Waals surface area contributed by atoms with Crippen molar-refractivity contribution in [3.05, 3.63) is 30.3 Å². The average molecular weight is 248 g/mol. The Kier molecular flexibility index (Phi) is 5.62. The Morgan fingerprint density at radius 3 is 2.41 bits per heavy atom. The summed E-state index contributed by atoms with van der Waals surface area (Å²) in [5, 5.41) is 1.47. The third-order valence-corrected chi connectivity index (χ3v) is 8.21. The van der Waals surface area contributed by atoms with Crippen LogP contribution in [0.15, 0.2) is 30.3 Å². The van der Waals surface area contributed by atoms with E-state index in [1.807, 2.05) is 0 Å². The van der Waals surface area contributed by atoms with Crippen molar-refractivity contribution < 1.29 is 4.79 Å². The van der Waals surface area contributed by atoms with Crippen molar-refractivity contribution in [2.24, 2.45) is 0 Å². The van der Waals surface area contributed by atoms with Crippen LogP contribution >= 0.6 is 0 Å². The highest BCUT2D eigenvalue weighted by Gasteiger charge is 2.32. The molecule has 0 unspecified atom stereocenters. The maximum Gasteiger partial charge on any atom is 0.119 e. The van der Waals surface area contributed by atoms with E-state index in [4.69, 9.17) is 0 Å². The molecular formula is C15H24OSi. The quantitative estimate of drug-likeness (QED) is 0.530. The molecule has 0 bridgehead atoms. The number of hydrogen-bond donors (Lipinski definition) is 0. The highest BCUT2D eigenvalue weighted by Crippen LogP contribution is 2.30. The molecule has 0 heterocycles. The molecule has 0 aliphatic rings. The number of unbranched alkanes of at least 4 members (excludes halogenated alkanes) is 1. The van der Waals surface area contributed by atoms with Gasteiger partial charge in [0.25, 0.3) is 0 Å². The Morgan fingerprint density at radius 2 is 1.88 bits per heavy atom. The first-order valence-corrected chi connectivity index (χ1v) is 9.69. The van der Waals surface area contributed by atoms with Crippen LogP contribution in [-0.2, 0) is 4.79 Å². The van der Waals surface area contributed by atoms with Gasteiger partial charge in [0.2, 0.25) is 0 Å². The molecule has 1 aromatic carbocycles. The van der Waals surface area contributed by atoms with E-state index >= 15 is 0 Å². The van der Waals surface area contributed by atoms with Gasteiger partial charge in [0.15, 0.2) is 0 Å². The van der Waals surface area contributed by atoms with E-state index in [0.717, 1.165) is 12.7 Å². The Balaban J connectivity index is 2.86. The van der Waals surface area contributed by atoms with E-state index in [-0.39, 0.29) is 0 Å². The fraction of sp³-hybridized carbons (Fsp3) is 0.533. The zero-order chi connectivity index (χ0) is 12.7. The van der Waals surface area contributed by atoms with Crippen molar-refractivity contribution in [3.63, 3.8) is 0 Å². The molecule has 0 fully saturated rings. The summed E-state index contributed by atoms with van der Waals surface area (Å²) in [5.74, 6) is 0. The lowest BCUT2D eigenvalue weighted by Gasteiger charge is -2.32. The first-order valence-electron chi connectivity index (χ1n) is 6.62. The maximum absolute atomic E-state index is 10.9. The van der Waals surface area contributed by atoms with Crippen molar-refractivity contribution in [3.8, 4) is 0 Å². The van der Waals surface area contributed by atoms with E-state index in [2.05, 4.69) is 50.3 Å². The second-order valence-corrected chi connectivity index (χ2v) is 10.2. The normalized spacial score (nSPS) is 13.4. The van der Waals surface area contributed by atoms with Gasteiger partial charge in [-0.3, -0.25) is 0 Å². The molecule has 94 valence electrons. The monoisotopic (exact) mass is 248 g/mol. The van der Waals surface area contributed by atoms with Crippen LogP contribution in [-0.4, -0.2) is 14.4 Å². The summed E-state index contributed by atoms with van der Waals surface area (Å²) in [7, 11) is -1.50. The first kappa shape index (κ1) is 14.2. The summed E-state index contributed by atoms with van der Waals surface area (Å²) in [6.07, 6.45) is 5.49. The second kappa shape index (κ2) is 6.75. The van der Waals surface area contributed by atoms with Gasteiger partial charge >= 0.3 is 0 Å². The van der Waals surface area contributed by atoms with E-state index in [0.29, 0.717) is 5.54 Å². The molecule has 1 aromatic rings. The van der Waals surface area contributed by atoms with E-state index in [9.17, 15) is 4.79 Å². The van der Waals surface area contributed by atoms with Crippen molar-refractivity contribution in [1.82, 2.24) is 0 Å². The van der Waals surface area contributed by atoms with Crippen molar-refractivity contribution in [1.29, 1.82) is 0 Å². The number of carbonyl (C=O) groups excluding carboxylic acids is 1. The molecule has 0 spiro atoms. The van der Waals surface area contributed by atoms with Gasteiger partial charge in [-0.25, -0.2) is 0 Å². The molecule has 0 radical (unpaired) electrons. The van der Waals surface area contributed by atoms with Crippen LogP contribution in [0.3, 0.4) is 0 Å². The molecule has 17 heavy (non-hydrogen) atoms. The van der Waals surface area contributed by atoms with Crippen molar-refractivity contribution in [2.45, 2.75) is 51.2 Å². The number of carbonyl (C=O) groups is 1. The van der Waals surface area contributed by atoms with Crippen molar-refractivity contribution in [2.75, 3.05) is 0 Å². The third-order valence-electron chi connectivity index (χ3n) is 3.83. The largest absolute Gasteiger partial charge is 0.303 e. The van der Waals surface area contributed by atoms with Crippen LogP contribution in [0.25, 0.3) is 0 Å². The van der Waals surface area contributed by atoms with Crippen LogP contribution < -0.4 is 5.19 Å². The minimum Gasteiger partial charge on any atom is -0.303 e. The Morgan fingerprint density at radius 1 is 1.24 bits per heavy atom. The average Bonchev–Trinajstić information content (AvgIpc) is 2.35.